The second kappa shape index (κ2) is 6.81. The van der Waals surface area contributed by atoms with Gasteiger partial charge in [0.05, 0.1) is 24.9 Å². The smallest absolute Gasteiger partial charge is 0.222 e. The van der Waals surface area contributed by atoms with Gasteiger partial charge in [-0.1, -0.05) is 0 Å². The molecule has 0 unspecified atom stereocenters. The molecular formula is C19H26N2O3. The molecule has 5 heteroatoms. The molecule has 3 aliphatic rings. The highest BCUT2D eigenvalue weighted by Crippen LogP contribution is 2.38. The summed E-state index contributed by atoms with van der Waals surface area (Å²) in [4.78, 5) is 18.5. The predicted molar refractivity (Wildman–Crippen MR) is 89.3 cm³/mol. The number of amides is 1. The van der Waals surface area contributed by atoms with Crippen LogP contribution >= 0.6 is 0 Å². The average molecular weight is 330 g/mol. The van der Waals surface area contributed by atoms with Crippen LogP contribution in [0.25, 0.3) is 0 Å². The number of hydrogen-bond donors (Lipinski definition) is 0. The van der Waals surface area contributed by atoms with Crippen molar-refractivity contribution in [2.24, 2.45) is 5.92 Å². The average Bonchev–Trinajstić information content (AvgIpc) is 3.35. The Morgan fingerprint density at radius 2 is 2.21 bits per heavy atom. The molecular weight excluding hydrogens is 304 g/mol. The standard InChI is InChI=1S/C19H26N2O3/c22-18(10-15-2-3-15)21-9-1-6-19(14-21)11-17(13-24-19)23-12-16-4-7-20-8-5-16/h4-5,7-8,15,17H,1-3,6,9-14H2/t17-,19+/m1/s1. The first-order valence-corrected chi connectivity index (χ1v) is 9.15. The van der Waals surface area contributed by atoms with Crippen LogP contribution in [0.1, 0.15) is 44.1 Å². The first-order chi connectivity index (χ1) is 11.7. The van der Waals surface area contributed by atoms with E-state index in [-0.39, 0.29) is 11.7 Å². The predicted octanol–water partition coefficient (Wildman–Crippen LogP) is 2.55. The topological polar surface area (TPSA) is 51.7 Å². The zero-order valence-corrected chi connectivity index (χ0v) is 14.2. The molecule has 1 aromatic heterocycles. The zero-order chi connectivity index (χ0) is 16.4. The van der Waals surface area contributed by atoms with Gasteiger partial charge < -0.3 is 14.4 Å². The van der Waals surface area contributed by atoms with Crippen LogP contribution in [0.3, 0.4) is 0 Å². The summed E-state index contributed by atoms with van der Waals surface area (Å²) in [7, 11) is 0. The van der Waals surface area contributed by atoms with Gasteiger partial charge in [-0.2, -0.15) is 0 Å². The van der Waals surface area contributed by atoms with Crippen molar-refractivity contribution >= 4 is 5.91 Å². The molecule has 5 nitrogen and oxygen atoms in total. The molecule has 0 aromatic carbocycles. The van der Waals surface area contributed by atoms with Gasteiger partial charge in [0.15, 0.2) is 0 Å². The molecule has 0 radical (unpaired) electrons. The minimum atomic E-state index is -0.180. The summed E-state index contributed by atoms with van der Waals surface area (Å²) >= 11 is 0. The molecule has 0 bridgehead atoms. The van der Waals surface area contributed by atoms with Gasteiger partial charge in [0, 0.05) is 38.3 Å². The molecule has 4 rings (SSSR count). The van der Waals surface area contributed by atoms with E-state index < -0.39 is 0 Å². The Balaban J connectivity index is 1.30. The van der Waals surface area contributed by atoms with Crippen molar-refractivity contribution in [3.63, 3.8) is 0 Å². The SMILES string of the molecule is O=C(CC1CC1)N1CCC[C@]2(C[C@@H](OCc3ccncc3)CO2)C1. The third kappa shape index (κ3) is 3.78. The second-order valence-electron chi connectivity index (χ2n) is 7.55. The van der Waals surface area contributed by atoms with Gasteiger partial charge in [-0.05, 0) is 49.3 Å². The summed E-state index contributed by atoms with van der Waals surface area (Å²) in [6.45, 7) is 2.86. The number of carbonyl (C=O) groups is 1. The summed E-state index contributed by atoms with van der Waals surface area (Å²) in [5.41, 5.74) is 0.955. The van der Waals surface area contributed by atoms with Gasteiger partial charge in [-0.15, -0.1) is 0 Å². The molecule has 1 aromatic rings. The fourth-order valence-corrected chi connectivity index (χ4v) is 3.90. The van der Waals surface area contributed by atoms with Gasteiger partial charge >= 0.3 is 0 Å². The summed E-state index contributed by atoms with van der Waals surface area (Å²) < 4.78 is 12.2. The van der Waals surface area contributed by atoms with Gasteiger partial charge in [0.1, 0.15) is 0 Å². The lowest BCUT2D eigenvalue weighted by atomic mass is 9.89. The molecule has 1 amide bonds. The van der Waals surface area contributed by atoms with Crippen LogP contribution in [-0.4, -0.2) is 47.2 Å². The Morgan fingerprint density at radius 1 is 1.38 bits per heavy atom. The maximum atomic E-state index is 12.4. The van der Waals surface area contributed by atoms with E-state index in [1.54, 1.807) is 12.4 Å². The van der Waals surface area contributed by atoms with E-state index in [9.17, 15) is 4.79 Å². The van der Waals surface area contributed by atoms with E-state index in [4.69, 9.17) is 9.47 Å². The molecule has 1 spiro atoms. The van der Waals surface area contributed by atoms with Crippen LogP contribution in [-0.2, 0) is 20.9 Å². The molecule has 2 saturated heterocycles. The van der Waals surface area contributed by atoms with E-state index in [2.05, 4.69) is 4.98 Å². The fourth-order valence-electron chi connectivity index (χ4n) is 3.90. The lowest BCUT2D eigenvalue weighted by Gasteiger charge is -2.39. The van der Waals surface area contributed by atoms with Crippen LogP contribution in [0, 0.1) is 5.92 Å². The second-order valence-corrected chi connectivity index (χ2v) is 7.55. The number of ether oxygens (including phenoxy) is 2. The minimum Gasteiger partial charge on any atom is -0.371 e. The number of hydrogen-bond acceptors (Lipinski definition) is 4. The van der Waals surface area contributed by atoms with E-state index in [1.807, 2.05) is 17.0 Å². The van der Waals surface area contributed by atoms with Crippen LogP contribution in [0.2, 0.25) is 0 Å². The number of piperidine rings is 1. The molecule has 0 N–H and O–H groups in total. The van der Waals surface area contributed by atoms with Crippen LogP contribution in [0.4, 0.5) is 0 Å². The maximum Gasteiger partial charge on any atom is 0.222 e. The van der Waals surface area contributed by atoms with Crippen molar-refractivity contribution in [1.82, 2.24) is 9.88 Å². The van der Waals surface area contributed by atoms with Crippen LogP contribution in [0.15, 0.2) is 24.5 Å². The summed E-state index contributed by atoms with van der Waals surface area (Å²) in [5, 5.41) is 0. The Bertz CT molecular complexity index is 575. The highest BCUT2D eigenvalue weighted by Gasteiger charge is 2.45. The molecule has 24 heavy (non-hydrogen) atoms. The van der Waals surface area contributed by atoms with Crippen molar-refractivity contribution in [1.29, 1.82) is 0 Å². The Labute approximate surface area is 143 Å². The number of nitrogens with zero attached hydrogens (tertiary/aromatic N) is 2. The van der Waals surface area contributed by atoms with Gasteiger partial charge in [0.2, 0.25) is 5.91 Å². The van der Waals surface area contributed by atoms with Gasteiger partial charge in [0.25, 0.3) is 0 Å². The maximum absolute atomic E-state index is 12.4. The van der Waals surface area contributed by atoms with E-state index in [0.29, 0.717) is 25.0 Å². The molecule has 2 aliphatic heterocycles. The fraction of sp³-hybridized carbons (Fsp3) is 0.684. The van der Waals surface area contributed by atoms with Crippen molar-refractivity contribution in [3.8, 4) is 0 Å². The van der Waals surface area contributed by atoms with Crippen molar-refractivity contribution in [3.05, 3.63) is 30.1 Å². The van der Waals surface area contributed by atoms with Crippen LogP contribution in [0.5, 0.6) is 0 Å². The molecule has 130 valence electrons. The quantitative estimate of drug-likeness (QED) is 0.832. The first kappa shape index (κ1) is 16.0. The largest absolute Gasteiger partial charge is 0.371 e. The number of rotatable bonds is 5. The molecule has 3 fully saturated rings. The first-order valence-electron chi connectivity index (χ1n) is 9.15. The van der Waals surface area contributed by atoms with Crippen molar-refractivity contribution in [2.75, 3.05) is 19.7 Å². The number of pyridine rings is 1. The molecule has 1 saturated carbocycles. The van der Waals surface area contributed by atoms with E-state index in [0.717, 1.165) is 44.3 Å². The zero-order valence-electron chi connectivity index (χ0n) is 14.2. The normalized spacial score (nSPS) is 30.0. The summed E-state index contributed by atoms with van der Waals surface area (Å²) in [6.07, 6.45) is 9.85. The van der Waals surface area contributed by atoms with E-state index in [1.165, 1.54) is 12.8 Å². The van der Waals surface area contributed by atoms with Gasteiger partial charge in [-0.25, -0.2) is 0 Å². The third-order valence-electron chi connectivity index (χ3n) is 5.46. The Kier molecular flexibility index (Phi) is 4.55. The Hall–Kier alpha value is -1.46. The Morgan fingerprint density at radius 3 is 3.00 bits per heavy atom. The monoisotopic (exact) mass is 330 g/mol. The number of carbonyl (C=O) groups excluding carboxylic acids is 1. The van der Waals surface area contributed by atoms with Crippen LogP contribution < -0.4 is 0 Å². The third-order valence-corrected chi connectivity index (χ3v) is 5.46. The number of aromatic nitrogens is 1. The molecule has 1 aliphatic carbocycles. The summed E-state index contributed by atoms with van der Waals surface area (Å²) in [6, 6.07) is 3.95. The van der Waals surface area contributed by atoms with Crippen molar-refractivity contribution in [2.45, 2.75) is 56.8 Å². The lowest BCUT2D eigenvalue weighted by molar-refractivity contribution is -0.139. The molecule has 3 heterocycles. The minimum absolute atomic E-state index is 0.122. The lowest BCUT2D eigenvalue weighted by Crippen LogP contribution is -2.50. The van der Waals surface area contributed by atoms with E-state index >= 15 is 0 Å². The highest BCUT2D eigenvalue weighted by atomic mass is 16.6. The number of likely N-dealkylation sites (tertiary alicyclic amines) is 1. The van der Waals surface area contributed by atoms with Crippen molar-refractivity contribution < 1.29 is 14.3 Å². The molecule has 2 atom stereocenters. The highest BCUT2D eigenvalue weighted by molar-refractivity contribution is 5.77. The van der Waals surface area contributed by atoms with Gasteiger partial charge in [-0.3, -0.25) is 9.78 Å². The summed E-state index contributed by atoms with van der Waals surface area (Å²) in [5.74, 6) is 0.970.